The van der Waals surface area contributed by atoms with Gasteiger partial charge in [0.15, 0.2) is 11.6 Å². The number of carbonyl (C=O) groups excluding carboxylic acids is 2. The molecule has 0 radical (unpaired) electrons. The molecule has 10 nitrogen and oxygen atoms in total. The highest BCUT2D eigenvalue weighted by Crippen LogP contribution is 2.34. The fraction of sp³-hybridized carbons (Fsp3) is 0.650. The first-order valence-electron chi connectivity index (χ1n) is 19.4. The van der Waals surface area contributed by atoms with E-state index in [1.807, 2.05) is 39.3 Å². The second-order valence-electron chi connectivity index (χ2n) is 15.7. The second-order valence-corrected chi connectivity index (χ2v) is 16.6. The number of anilines is 1. The Morgan fingerprint density at radius 3 is 2.31 bits per heavy atom. The van der Waals surface area contributed by atoms with Crippen LogP contribution >= 0.6 is 11.3 Å². The monoisotopic (exact) mass is 716 g/mol. The molecule has 2 amide bonds. The normalized spacial score (nSPS) is 22.3. The number of carbonyl (C=O) groups is 2. The van der Waals surface area contributed by atoms with Crippen molar-refractivity contribution in [2.45, 2.75) is 116 Å². The lowest BCUT2D eigenvalue weighted by Gasteiger charge is -2.39. The molecule has 2 aromatic heterocycles. The van der Waals surface area contributed by atoms with E-state index in [4.69, 9.17) is 9.26 Å². The van der Waals surface area contributed by atoms with Gasteiger partial charge < -0.3 is 29.3 Å². The number of thiazole rings is 1. The summed E-state index contributed by atoms with van der Waals surface area (Å²) in [5.41, 5.74) is 5.04. The molecule has 11 heteroatoms. The summed E-state index contributed by atoms with van der Waals surface area (Å²) in [5.74, 6) is 1.44. The Morgan fingerprint density at radius 1 is 0.941 bits per heavy atom. The van der Waals surface area contributed by atoms with E-state index >= 15 is 0 Å². The molecule has 3 saturated heterocycles. The molecule has 3 atom stereocenters. The van der Waals surface area contributed by atoms with Crippen molar-refractivity contribution in [2.75, 3.05) is 44.2 Å². The number of rotatable bonds is 12. The van der Waals surface area contributed by atoms with Crippen LogP contribution in [0.1, 0.15) is 108 Å². The van der Waals surface area contributed by atoms with E-state index in [9.17, 15) is 9.59 Å². The second kappa shape index (κ2) is 16.2. The van der Waals surface area contributed by atoms with Gasteiger partial charge >= 0.3 is 0 Å². The maximum atomic E-state index is 14.2. The van der Waals surface area contributed by atoms with Gasteiger partial charge in [-0.25, -0.2) is 4.98 Å². The van der Waals surface area contributed by atoms with Crippen LogP contribution in [0.25, 0.3) is 10.4 Å². The number of aryl methyl sites for hydroxylation is 1. The number of amides is 2. The first kappa shape index (κ1) is 36.1. The average Bonchev–Trinajstić information content (AvgIpc) is 3.89. The van der Waals surface area contributed by atoms with Crippen molar-refractivity contribution in [3.8, 4) is 10.4 Å². The Bertz CT molecular complexity index is 1600. The molecule has 1 N–H and O–H groups in total. The Balaban J connectivity index is 0.909. The number of piperidine rings is 2. The van der Waals surface area contributed by atoms with Crippen LogP contribution in [-0.2, 0) is 14.3 Å². The highest BCUT2D eigenvalue weighted by atomic mass is 32.1. The third-order valence-corrected chi connectivity index (χ3v) is 12.8. The Morgan fingerprint density at radius 2 is 1.67 bits per heavy atom. The Kier molecular flexibility index (Phi) is 11.4. The van der Waals surface area contributed by atoms with E-state index in [1.54, 1.807) is 16.2 Å². The van der Waals surface area contributed by atoms with Gasteiger partial charge in [-0.3, -0.25) is 9.59 Å². The van der Waals surface area contributed by atoms with Crippen molar-refractivity contribution in [1.29, 1.82) is 0 Å². The van der Waals surface area contributed by atoms with Crippen molar-refractivity contribution < 1.29 is 18.8 Å². The number of benzene rings is 1. The van der Waals surface area contributed by atoms with E-state index in [1.165, 1.54) is 25.8 Å². The number of aromatic nitrogens is 2. The molecule has 4 aliphatic rings. The quantitative estimate of drug-likeness (QED) is 0.215. The molecule has 276 valence electrons. The summed E-state index contributed by atoms with van der Waals surface area (Å²) in [6.45, 7) is 14.0. The van der Waals surface area contributed by atoms with Crippen LogP contribution in [-0.4, -0.2) is 89.3 Å². The van der Waals surface area contributed by atoms with Gasteiger partial charge in [0, 0.05) is 45.3 Å². The number of ether oxygens (including phenoxy) is 1. The van der Waals surface area contributed by atoms with Crippen LogP contribution in [0.3, 0.4) is 0 Å². The summed E-state index contributed by atoms with van der Waals surface area (Å²) >= 11 is 1.63. The van der Waals surface area contributed by atoms with Gasteiger partial charge in [0.2, 0.25) is 11.8 Å². The number of hydrogen-bond acceptors (Lipinski definition) is 9. The molecular weight excluding hydrogens is 661 g/mol. The minimum Gasteiger partial charge on any atom is -0.375 e. The Hall–Kier alpha value is -3.28. The van der Waals surface area contributed by atoms with E-state index in [0.717, 1.165) is 85.8 Å². The predicted molar refractivity (Wildman–Crippen MR) is 201 cm³/mol. The molecule has 7 rings (SSSR count). The van der Waals surface area contributed by atoms with Crippen LogP contribution in [0.4, 0.5) is 5.82 Å². The number of nitrogens with zero attached hydrogens (tertiary/aromatic N) is 5. The van der Waals surface area contributed by atoms with Crippen LogP contribution in [0.15, 0.2) is 40.4 Å². The van der Waals surface area contributed by atoms with E-state index in [0.29, 0.717) is 36.9 Å². The predicted octanol–water partition coefficient (Wildman–Crippen LogP) is 6.96. The molecule has 1 aliphatic carbocycles. The standard InChI is InChI=1S/C40H56N6O4S/c1-26(2)37(35-23-36(43-50-35)45-21-14-29(15-22-45)24-44-19-16-33(17-20-44)49-32-7-5-8-32)40(48)46-18-6-9-34(46)39(47)42-27(3)30-10-12-31(13-11-30)38-28(4)41-25-51-38/h10-13,23,25-27,29,32-34,37H,5-9,14-22,24H2,1-4H3,(H,42,47). The van der Waals surface area contributed by atoms with Crippen molar-refractivity contribution in [3.63, 3.8) is 0 Å². The third-order valence-electron chi connectivity index (χ3n) is 11.8. The van der Waals surface area contributed by atoms with E-state index in [2.05, 4.69) is 49.5 Å². The number of hydrogen-bond donors (Lipinski definition) is 1. The Labute approximate surface area is 307 Å². The smallest absolute Gasteiger partial charge is 0.243 e. The molecular formula is C40H56N6O4S. The lowest BCUT2D eigenvalue weighted by atomic mass is 9.91. The van der Waals surface area contributed by atoms with Crippen LogP contribution < -0.4 is 10.2 Å². The van der Waals surface area contributed by atoms with Crippen molar-refractivity contribution in [3.05, 3.63) is 52.9 Å². The third kappa shape index (κ3) is 8.36. The van der Waals surface area contributed by atoms with E-state index in [-0.39, 0.29) is 23.8 Å². The molecule has 3 aliphatic heterocycles. The fourth-order valence-electron chi connectivity index (χ4n) is 8.40. The van der Waals surface area contributed by atoms with Crippen molar-refractivity contribution in [1.82, 2.24) is 25.3 Å². The SMILES string of the molecule is Cc1ncsc1-c1ccc(C(C)NC(=O)C2CCCN2C(=O)C(c2cc(N3CCC(CN4CCC(OC5CCC5)CC4)CC3)no2)C(C)C)cc1. The highest BCUT2D eigenvalue weighted by Gasteiger charge is 2.41. The zero-order valence-corrected chi connectivity index (χ0v) is 31.7. The summed E-state index contributed by atoms with van der Waals surface area (Å²) in [6.07, 6.45) is 10.9. The number of nitrogens with one attached hydrogen (secondary N) is 1. The molecule has 51 heavy (non-hydrogen) atoms. The van der Waals surface area contributed by atoms with Crippen LogP contribution in [0.2, 0.25) is 0 Å². The molecule has 0 bridgehead atoms. The van der Waals surface area contributed by atoms with Crippen molar-refractivity contribution in [2.24, 2.45) is 11.8 Å². The van der Waals surface area contributed by atoms with Crippen LogP contribution in [0, 0.1) is 18.8 Å². The highest BCUT2D eigenvalue weighted by molar-refractivity contribution is 7.13. The minimum atomic E-state index is -0.497. The molecule has 3 aromatic rings. The summed E-state index contributed by atoms with van der Waals surface area (Å²) < 4.78 is 12.2. The zero-order valence-electron chi connectivity index (χ0n) is 30.9. The molecule has 4 fully saturated rings. The molecule has 5 heterocycles. The van der Waals surface area contributed by atoms with Gasteiger partial charge in [0.05, 0.1) is 34.3 Å². The van der Waals surface area contributed by atoms with Gasteiger partial charge in [0.25, 0.3) is 0 Å². The maximum Gasteiger partial charge on any atom is 0.243 e. The van der Waals surface area contributed by atoms with Gasteiger partial charge in [0.1, 0.15) is 12.0 Å². The first-order valence-corrected chi connectivity index (χ1v) is 20.3. The largest absolute Gasteiger partial charge is 0.375 e. The zero-order chi connectivity index (χ0) is 35.5. The minimum absolute atomic E-state index is 0.00349. The summed E-state index contributed by atoms with van der Waals surface area (Å²) in [4.78, 5) is 40.1. The molecule has 3 unspecified atom stereocenters. The topological polar surface area (TPSA) is 104 Å². The van der Waals surface area contributed by atoms with Gasteiger partial charge in [-0.15, -0.1) is 11.3 Å². The van der Waals surface area contributed by atoms with Crippen molar-refractivity contribution >= 4 is 29.0 Å². The first-order chi connectivity index (χ1) is 24.7. The van der Waals surface area contributed by atoms with Crippen LogP contribution in [0.5, 0.6) is 0 Å². The summed E-state index contributed by atoms with van der Waals surface area (Å²) in [5, 5.41) is 7.66. The maximum absolute atomic E-state index is 14.2. The lowest BCUT2D eigenvalue weighted by Crippen LogP contribution is -2.48. The lowest BCUT2D eigenvalue weighted by molar-refractivity contribution is -0.141. The van der Waals surface area contributed by atoms with Gasteiger partial charge in [-0.1, -0.05) is 43.3 Å². The molecule has 1 aromatic carbocycles. The van der Waals surface area contributed by atoms with E-state index < -0.39 is 12.0 Å². The van der Waals surface area contributed by atoms with Gasteiger partial charge in [-0.05, 0) is 94.6 Å². The summed E-state index contributed by atoms with van der Waals surface area (Å²) in [7, 11) is 0. The fourth-order valence-corrected chi connectivity index (χ4v) is 9.22. The number of likely N-dealkylation sites (tertiary alicyclic amines) is 2. The van der Waals surface area contributed by atoms with Gasteiger partial charge in [-0.2, -0.15) is 0 Å². The summed E-state index contributed by atoms with van der Waals surface area (Å²) in [6, 6.07) is 9.58. The average molecular weight is 717 g/mol. The molecule has 0 spiro atoms. The molecule has 1 saturated carbocycles.